The van der Waals surface area contributed by atoms with Gasteiger partial charge in [0.15, 0.2) is 5.76 Å². The molecule has 0 saturated carbocycles. The Morgan fingerprint density at radius 1 is 1.16 bits per heavy atom. The van der Waals surface area contributed by atoms with Crippen molar-refractivity contribution in [2.45, 2.75) is 19.9 Å². The number of pyridine rings is 1. The predicted octanol–water partition coefficient (Wildman–Crippen LogP) is 6.00. The van der Waals surface area contributed by atoms with Crippen LogP contribution in [0.1, 0.15) is 20.9 Å². The maximum absolute atomic E-state index is 14.7. The second-order valence-corrected chi connectivity index (χ2v) is 13.8. The summed E-state index contributed by atoms with van der Waals surface area (Å²) in [5, 5.41) is 4.54. The van der Waals surface area contributed by atoms with Crippen LogP contribution in [0.3, 0.4) is 0 Å². The average Bonchev–Trinajstić information content (AvgIpc) is 3.70. The lowest BCUT2D eigenvalue weighted by atomic mass is 9.99. The Labute approximate surface area is 250 Å². The minimum Gasteiger partial charge on any atom is -0.454 e. The number of fused-ring (bicyclic) bond motifs is 6. The molecular weight excluding hydrogens is 590 g/mol. The van der Waals surface area contributed by atoms with Gasteiger partial charge in [0.1, 0.15) is 11.4 Å². The Hall–Kier alpha value is -4.55. The van der Waals surface area contributed by atoms with E-state index in [2.05, 4.69) is 14.9 Å². The third-order valence-corrected chi connectivity index (χ3v) is 10.0. The zero-order chi connectivity index (χ0) is 30.2. The highest BCUT2D eigenvalue weighted by molar-refractivity contribution is 7.92. The molecule has 0 unspecified atom stereocenters. The third-order valence-electron chi connectivity index (χ3n) is 7.94. The Kier molecular flexibility index (Phi) is 6.19. The summed E-state index contributed by atoms with van der Waals surface area (Å²) in [6, 6.07) is 14.1. The zero-order valence-corrected chi connectivity index (χ0v) is 25.4. The molecule has 9 nitrogen and oxygen atoms in total. The molecule has 0 fully saturated rings. The molecule has 4 aromatic heterocycles. The average molecular weight is 616 g/mol. The number of benzene rings is 2. The highest BCUT2D eigenvalue weighted by Gasteiger charge is 2.28. The first-order chi connectivity index (χ1) is 20.5. The Morgan fingerprint density at radius 2 is 1.98 bits per heavy atom. The van der Waals surface area contributed by atoms with Gasteiger partial charge in [-0.05, 0) is 49.2 Å². The second kappa shape index (κ2) is 9.75. The van der Waals surface area contributed by atoms with Gasteiger partial charge in [0.2, 0.25) is 10.0 Å². The van der Waals surface area contributed by atoms with Gasteiger partial charge in [0.25, 0.3) is 5.91 Å². The summed E-state index contributed by atoms with van der Waals surface area (Å²) in [7, 11) is -0.674. The number of aromatic nitrogens is 3. The summed E-state index contributed by atoms with van der Waals surface area (Å²) in [5.41, 5.74) is 5.32. The van der Waals surface area contributed by atoms with E-state index >= 15 is 0 Å². The number of furan rings is 1. The number of thiazole rings is 1. The number of halogens is 1. The number of rotatable bonds is 5. The van der Waals surface area contributed by atoms with Crippen LogP contribution in [0.25, 0.3) is 55.2 Å². The van der Waals surface area contributed by atoms with Crippen LogP contribution in [0.5, 0.6) is 0 Å². The van der Waals surface area contributed by atoms with Crippen LogP contribution in [0, 0.1) is 12.7 Å². The molecule has 0 saturated heterocycles. The normalized spacial score (nSPS) is 12.9. The topological polar surface area (TPSA) is 110 Å². The number of anilines is 1. The molecule has 0 radical (unpaired) electrons. The van der Waals surface area contributed by atoms with Gasteiger partial charge in [-0.1, -0.05) is 12.1 Å². The highest BCUT2D eigenvalue weighted by Crippen LogP contribution is 2.43. The molecule has 1 N–H and O–H groups in total. The maximum atomic E-state index is 14.7. The lowest BCUT2D eigenvalue weighted by Crippen LogP contribution is -2.25. The molecule has 12 heteroatoms. The number of nitrogens with zero attached hydrogens (tertiary/aromatic N) is 4. The van der Waals surface area contributed by atoms with E-state index in [1.807, 2.05) is 31.2 Å². The molecule has 6 aromatic rings. The van der Waals surface area contributed by atoms with Gasteiger partial charge in [0.05, 0.1) is 50.0 Å². The molecular formula is C31H26FN5O4S2. The number of nitrogens with one attached hydrogen (secondary N) is 1. The number of aryl methyl sites for hydroxylation is 3. The standard InChI is InChI=1S/C31H26FN5O4S2/c1-16-34-15-27(42-16)30-28(31(38)33-2)20-12-19(24(14-26(20)41-30)36(3)43(4,39)40)22-9-8-17-10-11-37-23-7-5-6-21(32)18(23)13-25(37)29(17)35-22/h5-9,12-15H,10-11H2,1-4H3,(H,33,38). The van der Waals surface area contributed by atoms with Gasteiger partial charge in [-0.3, -0.25) is 9.10 Å². The van der Waals surface area contributed by atoms with Crippen molar-refractivity contribution in [1.82, 2.24) is 19.9 Å². The van der Waals surface area contributed by atoms with Gasteiger partial charge in [-0.2, -0.15) is 0 Å². The fourth-order valence-corrected chi connectivity index (χ4v) is 7.02. The molecule has 43 heavy (non-hydrogen) atoms. The number of hydrogen-bond acceptors (Lipinski definition) is 7. The van der Waals surface area contributed by atoms with E-state index in [-0.39, 0.29) is 11.7 Å². The summed E-state index contributed by atoms with van der Waals surface area (Å²) in [6.07, 6.45) is 3.49. The summed E-state index contributed by atoms with van der Waals surface area (Å²) in [4.78, 5) is 23.3. The SMILES string of the molecule is CNC(=O)c1c(-c2cnc(C)s2)oc2cc(N(C)S(C)(=O)=O)c(-c3ccc4c(n3)-c3cc5c(F)cccc5n3CC4)cc12. The second-order valence-electron chi connectivity index (χ2n) is 10.5. The maximum Gasteiger partial charge on any atom is 0.255 e. The predicted molar refractivity (Wildman–Crippen MR) is 167 cm³/mol. The Bertz CT molecular complexity index is 2230. The van der Waals surface area contributed by atoms with Crippen molar-refractivity contribution in [2.75, 3.05) is 24.7 Å². The molecule has 1 aliphatic heterocycles. The number of carbonyl (C=O) groups is 1. The zero-order valence-electron chi connectivity index (χ0n) is 23.7. The smallest absolute Gasteiger partial charge is 0.255 e. The van der Waals surface area contributed by atoms with E-state index < -0.39 is 10.0 Å². The fraction of sp³-hybridized carbons (Fsp3) is 0.194. The van der Waals surface area contributed by atoms with Crippen molar-refractivity contribution in [3.63, 3.8) is 0 Å². The van der Waals surface area contributed by atoms with Crippen LogP contribution in [-0.2, 0) is 23.0 Å². The number of hydrogen-bond donors (Lipinski definition) is 1. The van der Waals surface area contributed by atoms with Gasteiger partial charge in [0, 0.05) is 49.2 Å². The summed E-state index contributed by atoms with van der Waals surface area (Å²) < 4.78 is 49.8. The van der Waals surface area contributed by atoms with Gasteiger partial charge >= 0.3 is 0 Å². The van der Waals surface area contributed by atoms with Crippen LogP contribution in [0.4, 0.5) is 10.1 Å². The first-order valence-corrected chi connectivity index (χ1v) is 16.2. The highest BCUT2D eigenvalue weighted by atomic mass is 32.2. The van der Waals surface area contributed by atoms with E-state index in [1.165, 1.54) is 28.8 Å². The molecule has 1 amide bonds. The van der Waals surface area contributed by atoms with Crippen molar-refractivity contribution in [2.24, 2.45) is 0 Å². The van der Waals surface area contributed by atoms with E-state index in [0.717, 1.165) is 28.0 Å². The van der Waals surface area contributed by atoms with E-state index in [4.69, 9.17) is 9.40 Å². The van der Waals surface area contributed by atoms with Gasteiger partial charge in [-0.25, -0.2) is 22.8 Å². The lowest BCUT2D eigenvalue weighted by molar-refractivity contribution is 0.0964. The number of carbonyl (C=O) groups excluding carboxylic acids is 1. The van der Waals surface area contributed by atoms with E-state index in [0.29, 0.717) is 68.2 Å². The molecule has 5 heterocycles. The fourth-order valence-electron chi connectivity index (χ4n) is 5.75. The van der Waals surface area contributed by atoms with E-state index in [9.17, 15) is 17.6 Å². The monoisotopic (exact) mass is 615 g/mol. The Balaban J connectivity index is 1.50. The van der Waals surface area contributed by atoms with Crippen molar-refractivity contribution in [1.29, 1.82) is 0 Å². The summed E-state index contributed by atoms with van der Waals surface area (Å²) in [5.74, 6) is -0.289. The van der Waals surface area contributed by atoms with Crippen molar-refractivity contribution in [3.8, 4) is 33.3 Å². The lowest BCUT2D eigenvalue weighted by Gasteiger charge is -2.23. The molecule has 0 spiro atoms. The van der Waals surface area contributed by atoms with E-state index in [1.54, 1.807) is 31.4 Å². The van der Waals surface area contributed by atoms with Crippen LogP contribution in [0.2, 0.25) is 0 Å². The Morgan fingerprint density at radius 3 is 2.70 bits per heavy atom. The third kappa shape index (κ3) is 4.31. The minimum absolute atomic E-state index is 0.298. The molecule has 1 aliphatic rings. The van der Waals surface area contributed by atoms with Crippen LogP contribution >= 0.6 is 11.3 Å². The van der Waals surface area contributed by atoms with Crippen molar-refractivity contribution in [3.05, 3.63) is 76.7 Å². The number of amides is 1. The largest absolute Gasteiger partial charge is 0.454 e. The van der Waals surface area contributed by atoms with Gasteiger partial charge in [-0.15, -0.1) is 11.3 Å². The van der Waals surface area contributed by atoms with Crippen LogP contribution in [0.15, 0.2) is 59.1 Å². The molecule has 0 bridgehead atoms. The first kappa shape index (κ1) is 27.3. The molecule has 0 atom stereocenters. The molecule has 7 rings (SSSR count). The summed E-state index contributed by atoms with van der Waals surface area (Å²) in [6.45, 7) is 2.55. The quantitative estimate of drug-likeness (QED) is 0.255. The molecule has 2 aromatic carbocycles. The van der Waals surface area contributed by atoms with Crippen LogP contribution in [-0.4, -0.2) is 49.2 Å². The van der Waals surface area contributed by atoms with Crippen molar-refractivity contribution >= 4 is 54.8 Å². The number of sulfonamides is 1. The molecule has 218 valence electrons. The summed E-state index contributed by atoms with van der Waals surface area (Å²) >= 11 is 1.39. The first-order valence-electron chi connectivity index (χ1n) is 13.5. The van der Waals surface area contributed by atoms with Gasteiger partial charge < -0.3 is 14.3 Å². The van der Waals surface area contributed by atoms with Crippen molar-refractivity contribution < 1.29 is 22.0 Å². The minimum atomic E-state index is -3.69. The van der Waals surface area contributed by atoms with Crippen LogP contribution < -0.4 is 9.62 Å². The molecule has 0 aliphatic carbocycles.